The molecule has 0 radical (unpaired) electrons. The molecule has 2 aromatic rings. The van der Waals surface area contributed by atoms with Crippen molar-refractivity contribution in [3.8, 4) is 0 Å². The topological polar surface area (TPSA) is 72.2 Å². The van der Waals surface area contributed by atoms with Gasteiger partial charge in [-0.1, -0.05) is 35.9 Å². The summed E-state index contributed by atoms with van der Waals surface area (Å²) in [5, 5.41) is 0.564. The quantitative estimate of drug-likeness (QED) is 0.848. The second-order valence-electron chi connectivity index (χ2n) is 4.89. The zero-order valence-corrected chi connectivity index (χ0v) is 13.4. The van der Waals surface area contributed by atoms with E-state index in [-0.39, 0.29) is 10.6 Å². The van der Waals surface area contributed by atoms with E-state index < -0.39 is 16.1 Å². The molecule has 1 atom stereocenters. The Hall–Kier alpha value is -1.56. The molecule has 21 heavy (non-hydrogen) atoms. The minimum absolute atomic E-state index is 0.124. The molecule has 0 aliphatic rings. The lowest BCUT2D eigenvalue weighted by molar-refractivity contribution is 0.567. The number of rotatable bonds is 4. The number of hydrogen-bond acceptors (Lipinski definition) is 3. The van der Waals surface area contributed by atoms with E-state index in [1.807, 2.05) is 6.07 Å². The van der Waals surface area contributed by atoms with Crippen molar-refractivity contribution in [2.75, 3.05) is 5.73 Å². The minimum atomic E-state index is -3.70. The molecular formula is C15H17ClN2O2S. The van der Waals surface area contributed by atoms with Crippen molar-refractivity contribution in [1.82, 2.24) is 4.72 Å². The van der Waals surface area contributed by atoms with Crippen molar-refractivity contribution in [3.63, 3.8) is 0 Å². The molecule has 0 aliphatic carbocycles. The maximum Gasteiger partial charge on any atom is 0.243 e. The van der Waals surface area contributed by atoms with Gasteiger partial charge in [0.05, 0.1) is 5.69 Å². The third kappa shape index (κ3) is 3.56. The molecular weight excluding hydrogens is 308 g/mol. The van der Waals surface area contributed by atoms with Crippen molar-refractivity contribution >= 4 is 27.3 Å². The highest BCUT2D eigenvalue weighted by molar-refractivity contribution is 7.89. The van der Waals surface area contributed by atoms with Crippen LogP contribution in [0.15, 0.2) is 47.4 Å². The van der Waals surface area contributed by atoms with E-state index in [4.69, 9.17) is 17.3 Å². The molecule has 0 saturated heterocycles. The molecule has 0 saturated carbocycles. The van der Waals surface area contributed by atoms with Crippen LogP contribution in [-0.2, 0) is 10.0 Å². The highest BCUT2D eigenvalue weighted by atomic mass is 35.5. The van der Waals surface area contributed by atoms with Gasteiger partial charge in [-0.15, -0.1) is 0 Å². The largest absolute Gasteiger partial charge is 0.398 e. The van der Waals surface area contributed by atoms with Crippen molar-refractivity contribution in [2.24, 2.45) is 0 Å². The van der Waals surface area contributed by atoms with Crippen LogP contribution in [0.3, 0.4) is 0 Å². The molecule has 6 heteroatoms. The van der Waals surface area contributed by atoms with Crippen molar-refractivity contribution in [3.05, 3.63) is 58.6 Å². The van der Waals surface area contributed by atoms with Crippen LogP contribution in [0.4, 0.5) is 5.69 Å². The first-order chi connectivity index (χ1) is 9.81. The first-order valence-electron chi connectivity index (χ1n) is 6.44. The Morgan fingerprint density at radius 2 is 1.86 bits per heavy atom. The van der Waals surface area contributed by atoms with Gasteiger partial charge in [0, 0.05) is 11.1 Å². The number of nitrogen functional groups attached to an aromatic ring is 1. The van der Waals surface area contributed by atoms with Crippen LogP contribution >= 0.6 is 11.6 Å². The summed E-state index contributed by atoms with van der Waals surface area (Å²) >= 11 is 5.93. The summed E-state index contributed by atoms with van der Waals surface area (Å²) in [7, 11) is -3.70. The van der Waals surface area contributed by atoms with Gasteiger partial charge in [0.25, 0.3) is 0 Å². The summed E-state index contributed by atoms with van der Waals surface area (Å²) in [5.41, 5.74) is 7.44. The molecule has 0 spiro atoms. The van der Waals surface area contributed by atoms with E-state index in [9.17, 15) is 8.42 Å². The second-order valence-corrected chi connectivity index (χ2v) is 6.98. The van der Waals surface area contributed by atoms with Gasteiger partial charge in [-0.25, -0.2) is 13.1 Å². The van der Waals surface area contributed by atoms with E-state index in [0.717, 1.165) is 5.56 Å². The molecule has 112 valence electrons. The van der Waals surface area contributed by atoms with Gasteiger partial charge in [-0.05, 0) is 43.2 Å². The third-order valence-corrected chi connectivity index (χ3v) is 5.19. The van der Waals surface area contributed by atoms with E-state index in [1.54, 1.807) is 50.2 Å². The number of aryl methyl sites for hydroxylation is 1. The number of hydrogen-bond donors (Lipinski definition) is 2. The molecule has 0 aromatic heterocycles. The average Bonchev–Trinajstić information content (AvgIpc) is 2.37. The van der Waals surface area contributed by atoms with Gasteiger partial charge in [0.1, 0.15) is 4.90 Å². The summed E-state index contributed by atoms with van der Waals surface area (Å²) in [6, 6.07) is 11.7. The maximum atomic E-state index is 12.5. The molecule has 0 aliphatic heterocycles. The van der Waals surface area contributed by atoms with Gasteiger partial charge in [0.15, 0.2) is 0 Å². The maximum absolute atomic E-state index is 12.5. The zero-order valence-electron chi connectivity index (χ0n) is 11.8. The van der Waals surface area contributed by atoms with Gasteiger partial charge in [-0.3, -0.25) is 0 Å². The van der Waals surface area contributed by atoms with Crippen LogP contribution in [-0.4, -0.2) is 8.42 Å². The monoisotopic (exact) mass is 324 g/mol. The summed E-state index contributed by atoms with van der Waals surface area (Å²) in [4.78, 5) is 0.124. The Morgan fingerprint density at radius 1 is 1.19 bits per heavy atom. The molecule has 0 bridgehead atoms. The molecule has 2 aromatic carbocycles. The lowest BCUT2D eigenvalue weighted by Crippen LogP contribution is -2.28. The van der Waals surface area contributed by atoms with Crippen LogP contribution in [0.1, 0.15) is 24.1 Å². The minimum Gasteiger partial charge on any atom is -0.398 e. The SMILES string of the molecule is Cc1cccc(N)c1S(=O)(=O)NC(C)c1cccc(Cl)c1. The first kappa shape index (κ1) is 15.8. The molecule has 0 heterocycles. The Morgan fingerprint density at radius 3 is 2.48 bits per heavy atom. The summed E-state index contributed by atoms with van der Waals surface area (Å²) in [5.74, 6) is 0. The number of halogens is 1. The number of benzene rings is 2. The Kier molecular flexibility index (Phi) is 4.56. The third-order valence-electron chi connectivity index (χ3n) is 3.19. The van der Waals surface area contributed by atoms with Crippen LogP contribution < -0.4 is 10.5 Å². The van der Waals surface area contributed by atoms with E-state index >= 15 is 0 Å². The number of sulfonamides is 1. The molecule has 3 N–H and O–H groups in total. The van der Waals surface area contributed by atoms with Crippen molar-refractivity contribution in [1.29, 1.82) is 0 Å². The highest BCUT2D eigenvalue weighted by Gasteiger charge is 2.22. The predicted molar refractivity (Wildman–Crippen MR) is 85.8 cm³/mol. The van der Waals surface area contributed by atoms with Crippen LogP contribution in [0.5, 0.6) is 0 Å². The van der Waals surface area contributed by atoms with Crippen LogP contribution in [0.25, 0.3) is 0 Å². The first-order valence-corrected chi connectivity index (χ1v) is 8.30. The molecule has 2 rings (SSSR count). The zero-order chi connectivity index (χ0) is 15.6. The van der Waals surface area contributed by atoms with Gasteiger partial charge in [0.2, 0.25) is 10.0 Å². The fraction of sp³-hybridized carbons (Fsp3) is 0.200. The number of anilines is 1. The lowest BCUT2D eigenvalue weighted by Gasteiger charge is -2.17. The summed E-state index contributed by atoms with van der Waals surface area (Å²) in [6.07, 6.45) is 0. The Balaban J connectivity index is 2.34. The van der Waals surface area contributed by atoms with Crippen molar-refractivity contribution < 1.29 is 8.42 Å². The lowest BCUT2D eigenvalue weighted by atomic mass is 10.1. The molecule has 0 amide bonds. The van der Waals surface area contributed by atoms with Crippen LogP contribution in [0, 0.1) is 6.92 Å². The number of nitrogens with two attached hydrogens (primary N) is 1. The van der Waals surface area contributed by atoms with Gasteiger partial charge < -0.3 is 5.73 Å². The van der Waals surface area contributed by atoms with E-state index in [1.165, 1.54) is 0 Å². The Labute approximate surface area is 130 Å². The second kappa shape index (κ2) is 6.05. The standard InChI is InChI=1S/C15H17ClN2O2S/c1-10-5-3-8-14(17)15(10)21(19,20)18-11(2)12-6-4-7-13(16)9-12/h3-9,11,18H,17H2,1-2H3. The molecule has 0 fully saturated rings. The molecule has 4 nitrogen and oxygen atoms in total. The summed E-state index contributed by atoms with van der Waals surface area (Å²) < 4.78 is 27.7. The van der Waals surface area contributed by atoms with E-state index in [0.29, 0.717) is 10.6 Å². The van der Waals surface area contributed by atoms with Crippen LogP contribution in [0.2, 0.25) is 5.02 Å². The van der Waals surface area contributed by atoms with Gasteiger partial charge >= 0.3 is 0 Å². The fourth-order valence-electron chi connectivity index (χ4n) is 2.18. The van der Waals surface area contributed by atoms with Gasteiger partial charge in [-0.2, -0.15) is 0 Å². The number of nitrogens with one attached hydrogen (secondary N) is 1. The van der Waals surface area contributed by atoms with Crippen molar-refractivity contribution in [2.45, 2.75) is 24.8 Å². The predicted octanol–water partition coefficient (Wildman–Crippen LogP) is 3.27. The smallest absolute Gasteiger partial charge is 0.243 e. The summed E-state index contributed by atoms with van der Waals surface area (Å²) in [6.45, 7) is 3.48. The highest BCUT2D eigenvalue weighted by Crippen LogP contribution is 2.25. The fourth-order valence-corrected chi connectivity index (χ4v) is 3.97. The average molecular weight is 325 g/mol. The molecule has 1 unspecified atom stereocenters. The normalized spacial score (nSPS) is 13.1. The Bertz CT molecular complexity index is 740. The van der Waals surface area contributed by atoms with E-state index in [2.05, 4.69) is 4.72 Å².